The number of fused-ring (bicyclic) bond motifs is 1. The molecule has 2 atom stereocenters. The number of hydrogen-bond acceptors (Lipinski definition) is 5. The quantitative estimate of drug-likeness (QED) is 0.768. The summed E-state index contributed by atoms with van der Waals surface area (Å²) in [6.45, 7) is 7.37. The van der Waals surface area contributed by atoms with Gasteiger partial charge in [0, 0.05) is 55.4 Å². The number of hydrogen-bond donors (Lipinski definition) is 1. The Hall–Kier alpha value is -2.96. The van der Waals surface area contributed by atoms with Crippen molar-refractivity contribution in [3.63, 3.8) is 0 Å². The summed E-state index contributed by atoms with van der Waals surface area (Å²) in [5, 5.41) is 0.959. The Bertz CT molecular complexity index is 940. The second kappa shape index (κ2) is 6.40. The van der Waals surface area contributed by atoms with E-state index in [9.17, 15) is 4.79 Å². The van der Waals surface area contributed by atoms with Crippen molar-refractivity contribution in [2.24, 2.45) is 0 Å². The van der Waals surface area contributed by atoms with Crippen LogP contribution in [0.25, 0.3) is 22.3 Å². The molecule has 1 fully saturated rings. The highest BCUT2D eigenvalue weighted by molar-refractivity contribution is 5.91. The molecule has 0 bridgehead atoms. The number of amides is 1. The number of H-pyrrole nitrogens is 1. The SMILES string of the molecule is CC(=O)N1C(C)CN(c2cccc(-c3c[nH]c4ncncc34)n2)CC1C. The fourth-order valence-electron chi connectivity index (χ4n) is 3.95. The van der Waals surface area contributed by atoms with Crippen LogP contribution in [-0.4, -0.2) is 55.9 Å². The Morgan fingerprint density at radius 1 is 1.23 bits per heavy atom. The standard InChI is InChI=1S/C19H22N6O/c1-12-9-24(10-13(2)25(12)14(3)26)18-6-4-5-17(23-18)15-8-21-19-16(15)7-20-11-22-19/h4-8,11-13H,9-10H2,1-3H3,(H,20,21,22). The molecule has 1 aliphatic rings. The molecule has 0 aromatic carbocycles. The topological polar surface area (TPSA) is 78.0 Å². The first-order valence-corrected chi connectivity index (χ1v) is 8.83. The van der Waals surface area contributed by atoms with Crippen LogP contribution < -0.4 is 4.90 Å². The molecule has 7 heteroatoms. The zero-order valence-corrected chi connectivity index (χ0v) is 15.2. The molecule has 2 unspecified atom stereocenters. The first-order chi connectivity index (χ1) is 12.5. The molecule has 4 rings (SSSR count). The number of carbonyl (C=O) groups is 1. The molecule has 1 aliphatic heterocycles. The minimum atomic E-state index is 0.130. The van der Waals surface area contributed by atoms with Gasteiger partial charge in [-0.25, -0.2) is 15.0 Å². The summed E-state index contributed by atoms with van der Waals surface area (Å²) in [6.07, 6.45) is 5.26. The zero-order valence-electron chi connectivity index (χ0n) is 15.2. The first-order valence-electron chi connectivity index (χ1n) is 8.83. The average molecular weight is 350 g/mol. The molecule has 3 aromatic rings. The van der Waals surface area contributed by atoms with E-state index in [-0.39, 0.29) is 18.0 Å². The lowest BCUT2D eigenvalue weighted by molar-refractivity contribution is -0.133. The highest BCUT2D eigenvalue weighted by Gasteiger charge is 2.31. The van der Waals surface area contributed by atoms with Gasteiger partial charge in [0.2, 0.25) is 5.91 Å². The summed E-state index contributed by atoms with van der Waals surface area (Å²) >= 11 is 0. The third-order valence-corrected chi connectivity index (χ3v) is 4.97. The van der Waals surface area contributed by atoms with Crippen LogP contribution in [0.1, 0.15) is 20.8 Å². The summed E-state index contributed by atoms with van der Waals surface area (Å²) in [4.78, 5) is 32.5. The van der Waals surface area contributed by atoms with Crippen LogP contribution in [0.5, 0.6) is 0 Å². The molecule has 1 amide bonds. The normalized spacial score (nSPS) is 20.6. The van der Waals surface area contributed by atoms with Gasteiger partial charge in [0.05, 0.1) is 5.69 Å². The summed E-state index contributed by atoms with van der Waals surface area (Å²) in [5.74, 6) is 1.06. The fourth-order valence-corrected chi connectivity index (χ4v) is 3.95. The maximum Gasteiger partial charge on any atom is 0.220 e. The summed E-state index contributed by atoms with van der Waals surface area (Å²) in [5.41, 5.74) is 2.68. The third kappa shape index (κ3) is 2.79. The number of anilines is 1. The smallest absolute Gasteiger partial charge is 0.220 e. The molecular weight excluding hydrogens is 328 g/mol. The number of carbonyl (C=O) groups excluding carboxylic acids is 1. The predicted molar refractivity (Wildman–Crippen MR) is 101 cm³/mol. The lowest BCUT2D eigenvalue weighted by Crippen LogP contribution is -2.58. The maximum atomic E-state index is 11.9. The van der Waals surface area contributed by atoms with Crippen LogP contribution in [0.2, 0.25) is 0 Å². The van der Waals surface area contributed by atoms with E-state index in [1.165, 1.54) is 6.33 Å². The van der Waals surface area contributed by atoms with Crippen LogP contribution in [-0.2, 0) is 4.79 Å². The molecular formula is C19H22N6O. The zero-order chi connectivity index (χ0) is 18.3. The van der Waals surface area contributed by atoms with Crippen molar-refractivity contribution in [1.29, 1.82) is 0 Å². The van der Waals surface area contributed by atoms with Gasteiger partial charge in [0.1, 0.15) is 17.8 Å². The number of aromatic nitrogens is 4. The van der Waals surface area contributed by atoms with Crippen molar-refractivity contribution in [3.8, 4) is 11.3 Å². The number of rotatable bonds is 2. The van der Waals surface area contributed by atoms with Crippen molar-refractivity contribution < 1.29 is 4.79 Å². The van der Waals surface area contributed by atoms with Gasteiger partial charge in [-0.3, -0.25) is 4.79 Å². The van der Waals surface area contributed by atoms with Gasteiger partial charge < -0.3 is 14.8 Å². The van der Waals surface area contributed by atoms with Crippen molar-refractivity contribution in [2.75, 3.05) is 18.0 Å². The molecule has 0 spiro atoms. The first kappa shape index (κ1) is 16.5. The molecule has 7 nitrogen and oxygen atoms in total. The van der Waals surface area contributed by atoms with Gasteiger partial charge in [-0.15, -0.1) is 0 Å². The fraction of sp³-hybridized carbons (Fsp3) is 0.368. The summed E-state index contributed by atoms with van der Waals surface area (Å²) < 4.78 is 0. The van der Waals surface area contributed by atoms with E-state index in [0.717, 1.165) is 41.2 Å². The monoisotopic (exact) mass is 350 g/mol. The molecule has 0 aliphatic carbocycles. The predicted octanol–water partition coefficient (Wildman–Crippen LogP) is 2.47. The van der Waals surface area contributed by atoms with Gasteiger partial charge in [-0.2, -0.15) is 0 Å². The van der Waals surface area contributed by atoms with Crippen molar-refractivity contribution >= 4 is 22.8 Å². The highest BCUT2D eigenvalue weighted by Crippen LogP contribution is 2.28. The van der Waals surface area contributed by atoms with E-state index < -0.39 is 0 Å². The number of pyridine rings is 1. The molecule has 4 heterocycles. The Morgan fingerprint density at radius 3 is 2.73 bits per heavy atom. The minimum absolute atomic E-state index is 0.130. The summed E-state index contributed by atoms with van der Waals surface area (Å²) in [6, 6.07) is 6.36. The second-order valence-electron chi connectivity index (χ2n) is 6.90. The van der Waals surface area contributed by atoms with Crippen LogP contribution in [0, 0.1) is 0 Å². The molecule has 134 valence electrons. The maximum absolute atomic E-state index is 11.9. The van der Waals surface area contributed by atoms with Crippen molar-refractivity contribution in [1.82, 2.24) is 24.8 Å². The average Bonchev–Trinajstić information content (AvgIpc) is 3.05. The lowest BCUT2D eigenvalue weighted by Gasteiger charge is -2.44. The third-order valence-electron chi connectivity index (χ3n) is 4.97. The van der Waals surface area contributed by atoms with Gasteiger partial charge in [0.25, 0.3) is 0 Å². The van der Waals surface area contributed by atoms with Crippen LogP contribution in [0.3, 0.4) is 0 Å². The van der Waals surface area contributed by atoms with Gasteiger partial charge in [-0.1, -0.05) is 6.07 Å². The molecule has 0 radical (unpaired) electrons. The van der Waals surface area contributed by atoms with Gasteiger partial charge in [0.15, 0.2) is 0 Å². The highest BCUT2D eigenvalue weighted by atomic mass is 16.2. The van der Waals surface area contributed by atoms with Crippen molar-refractivity contribution in [2.45, 2.75) is 32.9 Å². The Labute approximate surface area is 152 Å². The number of aromatic amines is 1. The Morgan fingerprint density at radius 2 is 2.00 bits per heavy atom. The van der Waals surface area contributed by atoms with Gasteiger partial charge in [-0.05, 0) is 26.0 Å². The molecule has 3 aromatic heterocycles. The van der Waals surface area contributed by atoms with Gasteiger partial charge >= 0.3 is 0 Å². The lowest BCUT2D eigenvalue weighted by atomic mass is 10.1. The van der Waals surface area contributed by atoms with Crippen molar-refractivity contribution in [3.05, 3.63) is 36.9 Å². The molecule has 1 N–H and O–H groups in total. The Balaban J connectivity index is 1.65. The largest absolute Gasteiger partial charge is 0.352 e. The van der Waals surface area contributed by atoms with E-state index in [2.05, 4.69) is 33.7 Å². The van der Waals surface area contributed by atoms with E-state index >= 15 is 0 Å². The number of nitrogens with zero attached hydrogens (tertiary/aromatic N) is 5. The van der Waals surface area contributed by atoms with E-state index in [4.69, 9.17) is 4.98 Å². The van der Waals surface area contributed by atoms with E-state index in [1.54, 1.807) is 13.1 Å². The molecule has 26 heavy (non-hydrogen) atoms. The minimum Gasteiger partial charge on any atom is -0.352 e. The number of nitrogens with one attached hydrogen (secondary N) is 1. The second-order valence-corrected chi connectivity index (χ2v) is 6.90. The molecule has 1 saturated heterocycles. The van der Waals surface area contributed by atoms with E-state index in [0.29, 0.717) is 0 Å². The van der Waals surface area contributed by atoms with Crippen LogP contribution >= 0.6 is 0 Å². The molecule has 0 saturated carbocycles. The van der Waals surface area contributed by atoms with Crippen LogP contribution in [0.15, 0.2) is 36.9 Å². The summed E-state index contributed by atoms with van der Waals surface area (Å²) in [7, 11) is 0. The van der Waals surface area contributed by atoms with Crippen LogP contribution in [0.4, 0.5) is 5.82 Å². The Kier molecular flexibility index (Phi) is 4.06. The van der Waals surface area contributed by atoms with E-state index in [1.807, 2.05) is 29.3 Å². The number of piperazine rings is 1.